The number of hydrogen-bond donors (Lipinski definition) is 2. The number of rotatable bonds is 9. The van der Waals surface area contributed by atoms with Crippen molar-refractivity contribution in [3.63, 3.8) is 0 Å². The van der Waals surface area contributed by atoms with Gasteiger partial charge in [0.15, 0.2) is 0 Å². The Kier molecular flexibility index (Phi) is 8.61. The second kappa shape index (κ2) is 11.9. The quantitative estimate of drug-likeness (QED) is 0.539. The average molecular weight is 476 g/mol. The Labute approximate surface area is 210 Å². The summed E-state index contributed by atoms with van der Waals surface area (Å²) in [6, 6.07) is 19.4. The molecule has 2 N–H and O–H groups in total. The van der Waals surface area contributed by atoms with Gasteiger partial charge in [-0.15, -0.1) is 0 Å². The van der Waals surface area contributed by atoms with Gasteiger partial charge in [-0.1, -0.05) is 54.6 Å². The van der Waals surface area contributed by atoms with Crippen molar-refractivity contribution >= 4 is 11.8 Å². The van der Waals surface area contributed by atoms with E-state index in [2.05, 4.69) is 78.2 Å². The maximum atomic E-state index is 12.6. The molecule has 0 bridgehead atoms. The largest absolute Gasteiger partial charge is 0.353 e. The molecule has 0 aromatic heterocycles. The molecular formula is C30H41N3O2. The van der Waals surface area contributed by atoms with Crippen LogP contribution in [0.1, 0.15) is 80.5 Å². The monoisotopic (exact) mass is 475 g/mol. The number of carbonyl (C=O) groups is 2. The lowest BCUT2D eigenvalue weighted by Gasteiger charge is -2.45. The van der Waals surface area contributed by atoms with Gasteiger partial charge in [0.2, 0.25) is 11.8 Å². The molecule has 2 amide bonds. The molecule has 5 nitrogen and oxygen atoms in total. The SMILES string of the molecule is CN(C)C1(Cc2ccccc2)CCC(NC(=O)CCCC(=O)NC2CCCc3ccccc32)CC1. The third kappa shape index (κ3) is 6.72. The Bertz CT molecular complexity index is 980. The van der Waals surface area contributed by atoms with Crippen molar-refractivity contribution in [1.82, 2.24) is 15.5 Å². The third-order valence-corrected chi connectivity index (χ3v) is 8.12. The fourth-order valence-corrected chi connectivity index (χ4v) is 5.94. The maximum Gasteiger partial charge on any atom is 0.220 e. The van der Waals surface area contributed by atoms with Crippen LogP contribution >= 0.6 is 0 Å². The van der Waals surface area contributed by atoms with Crippen molar-refractivity contribution in [3.05, 3.63) is 71.3 Å². The molecule has 0 saturated heterocycles. The van der Waals surface area contributed by atoms with E-state index >= 15 is 0 Å². The Balaban J connectivity index is 1.18. The van der Waals surface area contributed by atoms with Crippen LogP contribution in [0.5, 0.6) is 0 Å². The molecule has 4 rings (SSSR count). The molecule has 0 aliphatic heterocycles. The number of nitrogens with zero attached hydrogens (tertiary/aromatic N) is 1. The number of amides is 2. The summed E-state index contributed by atoms with van der Waals surface area (Å²) in [6.45, 7) is 0. The molecule has 1 atom stereocenters. The van der Waals surface area contributed by atoms with Gasteiger partial charge in [0, 0.05) is 24.4 Å². The van der Waals surface area contributed by atoms with Crippen molar-refractivity contribution in [2.24, 2.45) is 0 Å². The number of carbonyl (C=O) groups excluding carboxylic acids is 2. The Morgan fingerprint density at radius 1 is 0.886 bits per heavy atom. The Hall–Kier alpha value is -2.66. The summed E-state index contributed by atoms with van der Waals surface area (Å²) in [7, 11) is 4.36. The lowest BCUT2D eigenvalue weighted by atomic mass is 9.75. The van der Waals surface area contributed by atoms with Gasteiger partial charge in [0.05, 0.1) is 6.04 Å². The lowest BCUT2D eigenvalue weighted by molar-refractivity contribution is -0.123. The van der Waals surface area contributed by atoms with E-state index in [1.165, 1.54) is 16.7 Å². The van der Waals surface area contributed by atoms with E-state index in [4.69, 9.17) is 0 Å². The average Bonchev–Trinajstić information content (AvgIpc) is 2.86. The maximum absolute atomic E-state index is 12.6. The van der Waals surface area contributed by atoms with Crippen molar-refractivity contribution in [3.8, 4) is 0 Å². The zero-order valence-electron chi connectivity index (χ0n) is 21.4. The highest BCUT2D eigenvalue weighted by Crippen LogP contribution is 2.35. The Morgan fingerprint density at radius 3 is 2.26 bits per heavy atom. The molecule has 2 aromatic carbocycles. The van der Waals surface area contributed by atoms with E-state index in [-0.39, 0.29) is 29.4 Å². The molecule has 1 unspecified atom stereocenters. The molecule has 2 aliphatic carbocycles. The summed E-state index contributed by atoms with van der Waals surface area (Å²) < 4.78 is 0. The number of aryl methyl sites for hydroxylation is 1. The Morgan fingerprint density at radius 2 is 1.54 bits per heavy atom. The summed E-state index contributed by atoms with van der Waals surface area (Å²) in [5, 5.41) is 6.43. The number of hydrogen-bond acceptors (Lipinski definition) is 3. The zero-order valence-corrected chi connectivity index (χ0v) is 21.4. The predicted octanol–water partition coefficient (Wildman–Crippen LogP) is 4.95. The van der Waals surface area contributed by atoms with Crippen LogP contribution in [0.15, 0.2) is 54.6 Å². The lowest BCUT2D eigenvalue weighted by Crippen LogP contribution is -2.52. The fourth-order valence-electron chi connectivity index (χ4n) is 5.94. The van der Waals surface area contributed by atoms with Gasteiger partial charge in [0.25, 0.3) is 0 Å². The minimum atomic E-state index is 0.0499. The fraction of sp³-hybridized carbons (Fsp3) is 0.533. The van der Waals surface area contributed by atoms with Crippen LogP contribution in [0.25, 0.3) is 0 Å². The predicted molar refractivity (Wildman–Crippen MR) is 141 cm³/mol. The number of likely N-dealkylation sites (N-methyl/N-ethyl adjacent to an activating group) is 1. The number of nitrogens with one attached hydrogen (secondary N) is 2. The van der Waals surface area contributed by atoms with E-state index in [1.807, 2.05) is 6.07 Å². The topological polar surface area (TPSA) is 61.4 Å². The molecule has 5 heteroatoms. The van der Waals surface area contributed by atoms with Crippen molar-refractivity contribution in [2.45, 2.75) is 88.3 Å². The van der Waals surface area contributed by atoms with E-state index < -0.39 is 0 Å². The van der Waals surface area contributed by atoms with Crippen LogP contribution in [0.3, 0.4) is 0 Å². The van der Waals surface area contributed by atoms with Crippen LogP contribution in [-0.2, 0) is 22.4 Å². The minimum Gasteiger partial charge on any atom is -0.353 e. The molecule has 2 aromatic rings. The molecule has 35 heavy (non-hydrogen) atoms. The third-order valence-electron chi connectivity index (χ3n) is 8.12. The minimum absolute atomic E-state index is 0.0499. The molecule has 0 radical (unpaired) electrons. The van der Waals surface area contributed by atoms with Gasteiger partial charge in [-0.05, 0) is 88.6 Å². The highest BCUT2D eigenvalue weighted by atomic mass is 16.2. The van der Waals surface area contributed by atoms with Crippen molar-refractivity contribution < 1.29 is 9.59 Å². The van der Waals surface area contributed by atoms with Crippen LogP contribution in [-0.4, -0.2) is 42.4 Å². The molecular weight excluding hydrogens is 434 g/mol. The van der Waals surface area contributed by atoms with Gasteiger partial charge in [-0.2, -0.15) is 0 Å². The summed E-state index contributed by atoms with van der Waals surface area (Å²) in [5.41, 5.74) is 4.12. The molecule has 188 valence electrons. The van der Waals surface area contributed by atoms with Crippen LogP contribution in [0.4, 0.5) is 0 Å². The van der Waals surface area contributed by atoms with Crippen LogP contribution in [0, 0.1) is 0 Å². The highest BCUT2D eigenvalue weighted by Gasteiger charge is 2.37. The summed E-state index contributed by atoms with van der Waals surface area (Å²) in [5.74, 6) is 0.125. The van der Waals surface area contributed by atoms with Gasteiger partial charge in [-0.25, -0.2) is 0 Å². The number of fused-ring (bicyclic) bond motifs is 1. The molecule has 1 saturated carbocycles. The first-order valence-corrected chi connectivity index (χ1v) is 13.3. The molecule has 0 heterocycles. The van der Waals surface area contributed by atoms with Crippen molar-refractivity contribution in [1.29, 1.82) is 0 Å². The van der Waals surface area contributed by atoms with Gasteiger partial charge in [-0.3, -0.25) is 9.59 Å². The number of benzene rings is 2. The van der Waals surface area contributed by atoms with E-state index in [0.717, 1.165) is 51.4 Å². The first-order chi connectivity index (χ1) is 16.9. The van der Waals surface area contributed by atoms with E-state index in [0.29, 0.717) is 19.3 Å². The first kappa shape index (κ1) is 25.4. The van der Waals surface area contributed by atoms with E-state index in [1.54, 1.807) is 0 Å². The second-order valence-electron chi connectivity index (χ2n) is 10.7. The van der Waals surface area contributed by atoms with Crippen LogP contribution < -0.4 is 10.6 Å². The summed E-state index contributed by atoms with van der Waals surface area (Å²) in [6.07, 6.45) is 9.77. The summed E-state index contributed by atoms with van der Waals surface area (Å²) in [4.78, 5) is 27.5. The second-order valence-corrected chi connectivity index (χ2v) is 10.7. The normalized spacial score (nSPS) is 24.0. The standard InChI is InChI=1S/C30H41N3O2/c1-33(2)30(22-23-10-4-3-5-11-23)20-18-25(19-21-30)31-28(34)16-9-17-29(35)32-27-15-8-13-24-12-6-7-14-26(24)27/h3-7,10-12,14,25,27H,8-9,13,15-22H2,1-2H3,(H,31,34)(H,32,35). The van der Waals surface area contributed by atoms with Gasteiger partial charge in [0.1, 0.15) is 0 Å². The smallest absolute Gasteiger partial charge is 0.220 e. The van der Waals surface area contributed by atoms with Gasteiger partial charge < -0.3 is 15.5 Å². The zero-order chi connectivity index (χ0) is 24.7. The molecule has 1 fully saturated rings. The highest BCUT2D eigenvalue weighted by molar-refractivity contribution is 5.79. The summed E-state index contributed by atoms with van der Waals surface area (Å²) >= 11 is 0. The molecule has 2 aliphatic rings. The van der Waals surface area contributed by atoms with E-state index in [9.17, 15) is 9.59 Å². The first-order valence-electron chi connectivity index (χ1n) is 13.3. The molecule has 0 spiro atoms. The van der Waals surface area contributed by atoms with Gasteiger partial charge >= 0.3 is 0 Å². The van der Waals surface area contributed by atoms with Crippen LogP contribution in [0.2, 0.25) is 0 Å². The van der Waals surface area contributed by atoms with Crippen molar-refractivity contribution in [2.75, 3.05) is 14.1 Å².